The van der Waals surface area contributed by atoms with Crippen LogP contribution in [0.4, 0.5) is 17.1 Å². The molecule has 2 amide bonds. The van der Waals surface area contributed by atoms with Crippen molar-refractivity contribution in [3.8, 4) is 0 Å². The second-order valence-electron chi connectivity index (χ2n) is 4.64. The van der Waals surface area contributed by atoms with Crippen molar-refractivity contribution in [1.82, 2.24) is 0 Å². The Balaban J connectivity index is 2.65. The molecule has 1 aliphatic heterocycles. The van der Waals surface area contributed by atoms with Gasteiger partial charge in [-0.2, -0.15) is 0 Å². The zero-order chi connectivity index (χ0) is 13.4. The van der Waals surface area contributed by atoms with E-state index in [9.17, 15) is 9.59 Å². The van der Waals surface area contributed by atoms with Gasteiger partial charge in [0.05, 0.1) is 11.4 Å². The van der Waals surface area contributed by atoms with Crippen LogP contribution >= 0.6 is 0 Å². The van der Waals surface area contributed by atoms with Crippen molar-refractivity contribution >= 4 is 28.9 Å². The van der Waals surface area contributed by atoms with E-state index in [2.05, 4.69) is 0 Å². The Morgan fingerprint density at radius 2 is 2.06 bits per heavy atom. The smallest absolute Gasteiger partial charge is 0.228 e. The topological polar surface area (TPSA) is 66.6 Å². The maximum absolute atomic E-state index is 12.0. The van der Waals surface area contributed by atoms with Crippen LogP contribution in [-0.2, 0) is 9.59 Å². The van der Waals surface area contributed by atoms with E-state index in [1.54, 1.807) is 35.0 Å². The van der Waals surface area contributed by atoms with Crippen molar-refractivity contribution in [1.29, 1.82) is 0 Å². The first-order valence-electron chi connectivity index (χ1n) is 5.87. The Kier molecular flexibility index (Phi) is 2.98. The first-order chi connectivity index (χ1) is 8.41. The van der Waals surface area contributed by atoms with Gasteiger partial charge in [0.25, 0.3) is 0 Å². The molecule has 1 heterocycles. The highest BCUT2D eigenvalue weighted by atomic mass is 16.2. The molecule has 2 N–H and O–H groups in total. The van der Waals surface area contributed by atoms with Gasteiger partial charge in [-0.25, -0.2) is 0 Å². The van der Waals surface area contributed by atoms with Crippen LogP contribution in [0.3, 0.4) is 0 Å². The highest BCUT2D eigenvalue weighted by Crippen LogP contribution is 2.35. The Hall–Kier alpha value is -2.04. The van der Waals surface area contributed by atoms with E-state index in [-0.39, 0.29) is 17.9 Å². The summed E-state index contributed by atoms with van der Waals surface area (Å²) in [6.45, 7) is 3.37. The zero-order valence-electron chi connectivity index (χ0n) is 10.8. The van der Waals surface area contributed by atoms with Crippen LogP contribution in [0.25, 0.3) is 0 Å². The summed E-state index contributed by atoms with van der Waals surface area (Å²) in [5, 5.41) is 0. The molecular formula is C13H17N3O2. The highest BCUT2D eigenvalue weighted by Gasteiger charge is 2.30. The summed E-state index contributed by atoms with van der Waals surface area (Å²) in [4.78, 5) is 27.0. The minimum atomic E-state index is -0.166. The van der Waals surface area contributed by atoms with E-state index < -0.39 is 0 Å². The van der Waals surface area contributed by atoms with Crippen LogP contribution in [0.2, 0.25) is 0 Å². The lowest BCUT2D eigenvalue weighted by Crippen LogP contribution is -2.37. The molecule has 5 heteroatoms. The van der Waals surface area contributed by atoms with Gasteiger partial charge in [-0.15, -0.1) is 0 Å². The minimum absolute atomic E-state index is 0.00253. The third-order valence-electron chi connectivity index (χ3n) is 3.24. The zero-order valence-corrected chi connectivity index (χ0v) is 10.8. The van der Waals surface area contributed by atoms with Gasteiger partial charge in [0.1, 0.15) is 0 Å². The largest absolute Gasteiger partial charge is 0.399 e. The molecule has 1 aromatic carbocycles. The number of benzene rings is 1. The maximum Gasteiger partial charge on any atom is 0.228 e. The van der Waals surface area contributed by atoms with Crippen LogP contribution in [0.15, 0.2) is 18.2 Å². The molecule has 0 saturated carbocycles. The fraction of sp³-hybridized carbons (Fsp3) is 0.385. The van der Waals surface area contributed by atoms with E-state index >= 15 is 0 Å². The average molecular weight is 247 g/mol. The predicted molar refractivity (Wildman–Crippen MR) is 71.5 cm³/mol. The summed E-state index contributed by atoms with van der Waals surface area (Å²) >= 11 is 0. The van der Waals surface area contributed by atoms with Gasteiger partial charge < -0.3 is 15.5 Å². The van der Waals surface area contributed by atoms with Crippen LogP contribution in [0.5, 0.6) is 0 Å². The van der Waals surface area contributed by atoms with Crippen LogP contribution in [0, 0.1) is 0 Å². The molecule has 0 unspecified atom stereocenters. The number of carbonyl (C=O) groups excluding carboxylic acids is 2. The van der Waals surface area contributed by atoms with Gasteiger partial charge in [-0.05, 0) is 25.1 Å². The van der Waals surface area contributed by atoms with Crippen LogP contribution < -0.4 is 15.5 Å². The second-order valence-corrected chi connectivity index (χ2v) is 4.64. The highest BCUT2D eigenvalue weighted by molar-refractivity contribution is 6.05. The lowest BCUT2D eigenvalue weighted by molar-refractivity contribution is -0.119. The van der Waals surface area contributed by atoms with Crippen molar-refractivity contribution in [2.75, 3.05) is 22.6 Å². The van der Waals surface area contributed by atoms with Gasteiger partial charge in [-0.3, -0.25) is 9.59 Å². The van der Waals surface area contributed by atoms with Crippen molar-refractivity contribution in [2.45, 2.75) is 26.3 Å². The molecular weight excluding hydrogens is 230 g/mol. The Labute approximate surface area is 106 Å². The lowest BCUT2D eigenvalue weighted by Gasteiger charge is -2.27. The summed E-state index contributed by atoms with van der Waals surface area (Å²) in [5.74, 6) is -0.0882. The predicted octanol–water partition coefficient (Wildman–Crippen LogP) is 1.38. The van der Waals surface area contributed by atoms with Crippen molar-refractivity contribution < 1.29 is 9.59 Å². The molecule has 0 radical (unpaired) electrons. The van der Waals surface area contributed by atoms with E-state index in [4.69, 9.17) is 5.73 Å². The molecule has 0 spiro atoms. The third kappa shape index (κ3) is 1.92. The molecule has 96 valence electrons. The minimum Gasteiger partial charge on any atom is -0.399 e. The molecule has 0 saturated heterocycles. The first kappa shape index (κ1) is 12.4. The molecule has 5 nitrogen and oxygen atoms in total. The number of nitrogens with two attached hydrogens (primary N) is 1. The first-order valence-corrected chi connectivity index (χ1v) is 5.87. The molecule has 0 aromatic heterocycles. The SMILES string of the molecule is CC(=O)N1c2cc(N)ccc2N(C)C(=O)C[C@@H]1C. The summed E-state index contributed by atoms with van der Waals surface area (Å²) < 4.78 is 0. The average Bonchev–Trinajstić information content (AvgIpc) is 2.35. The summed E-state index contributed by atoms with van der Waals surface area (Å²) in [7, 11) is 1.72. The molecule has 0 aliphatic carbocycles. The van der Waals surface area contributed by atoms with Crippen LogP contribution in [-0.4, -0.2) is 24.9 Å². The lowest BCUT2D eigenvalue weighted by atomic mass is 10.1. The third-order valence-corrected chi connectivity index (χ3v) is 3.24. The Bertz CT molecular complexity index is 513. The van der Waals surface area contributed by atoms with Crippen molar-refractivity contribution in [2.24, 2.45) is 0 Å². The number of anilines is 3. The van der Waals surface area contributed by atoms with Gasteiger partial charge in [0.15, 0.2) is 0 Å². The number of amides is 2. The summed E-state index contributed by atoms with van der Waals surface area (Å²) in [6.07, 6.45) is 0.310. The Morgan fingerprint density at radius 3 is 2.67 bits per heavy atom. The van der Waals surface area contributed by atoms with E-state index in [0.717, 1.165) is 0 Å². The normalized spacial score (nSPS) is 19.5. The molecule has 1 aromatic rings. The fourth-order valence-corrected chi connectivity index (χ4v) is 2.35. The number of nitrogens with zero attached hydrogens (tertiary/aromatic N) is 2. The van der Waals surface area contributed by atoms with E-state index in [1.807, 2.05) is 6.92 Å². The number of hydrogen-bond donors (Lipinski definition) is 1. The van der Waals surface area contributed by atoms with Crippen molar-refractivity contribution in [3.05, 3.63) is 18.2 Å². The van der Waals surface area contributed by atoms with Gasteiger partial charge in [-0.1, -0.05) is 0 Å². The number of carbonyl (C=O) groups is 2. The molecule has 0 fully saturated rings. The van der Waals surface area contributed by atoms with E-state index in [0.29, 0.717) is 23.5 Å². The second kappa shape index (κ2) is 4.33. The number of fused-ring (bicyclic) bond motifs is 1. The quantitative estimate of drug-likeness (QED) is 0.704. The standard InChI is InChI=1S/C13H17N3O2/c1-8-6-13(18)15(3)11-5-4-10(14)7-12(11)16(8)9(2)17/h4-5,7-8H,6,14H2,1-3H3/t8-/m0/s1. The number of hydrogen-bond acceptors (Lipinski definition) is 3. The molecule has 1 atom stereocenters. The number of nitrogen functional groups attached to an aromatic ring is 1. The van der Waals surface area contributed by atoms with Crippen molar-refractivity contribution in [3.63, 3.8) is 0 Å². The molecule has 1 aliphatic rings. The van der Waals surface area contributed by atoms with Gasteiger partial charge >= 0.3 is 0 Å². The van der Waals surface area contributed by atoms with Gasteiger partial charge in [0, 0.05) is 32.1 Å². The summed E-state index contributed by atoms with van der Waals surface area (Å²) in [6, 6.07) is 5.08. The summed E-state index contributed by atoms with van der Waals surface area (Å²) in [5.41, 5.74) is 7.77. The van der Waals surface area contributed by atoms with Crippen LogP contribution in [0.1, 0.15) is 20.3 Å². The monoisotopic (exact) mass is 247 g/mol. The maximum atomic E-state index is 12.0. The molecule has 18 heavy (non-hydrogen) atoms. The molecule has 0 bridgehead atoms. The number of rotatable bonds is 0. The van der Waals surface area contributed by atoms with Gasteiger partial charge in [0.2, 0.25) is 11.8 Å². The fourth-order valence-electron chi connectivity index (χ4n) is 2.35. The van der Waals surface area contributed by atoms with E-state index in [1.165, 1.54) is 6.92 Å². The Morgan fingerprint density at radius 1 is 1.39 bits per heavy atom. The molecule has 2 rings (SSSR count).